The molecule has 0 atom stereocenters. The number of anilines is 1. The lowest BCUT2D eigenvalue weighted by Crippen LogP contribution is -2.44. The second-order valence-corrected chi connectivity index (χ2v) is 4.29. The average Bonchev–Trinajstić information content (AvgIpc) is 3.09. The van der Waals surface area contributed by atoms with Gasteiger partial charge in [-0.05, 0) is 31.0 Å². The second-order valence-electron chi connectivity index (χ2n) is 3.85. The molecule has 0 unspecified atom stereocenters. The molecule has 1 fully saturated rings. The van der Waals surface area contributed by atoms with E-state index in [9.17, 15) is 9.59 Å². The summed E-state index contributed by atoms with van der Waals surface area (Å²) >= 11 is 5.76. The monoisotopic (exact) mass is 253 g/mol. The molecule has 0 heterocycles. The normalized spacial score (nSPS) is 13.9. The highest BCUT2D eigenvalue weighted by Gasteiger charge is 2.29. The van der Waals surface area contributed by atoms with Gasteiger partial charge in [0, 0.05) is 16.6 Å². The Balaban J connectivity index is 1.78. The predicted octanol–water partition coefficient (Wildman–Crippen LogP) is 1.90. The standard InChI is InChI=1S/C11H12ClN3O2/c12-8-2-1-3-9(6-8)13-11(17)15-14-10(16)7-4-5-7/h1-3,6-7H,4-5H2,(H,14,16)(H2,13,15,17). The number of amides is 3. The Hall–Kier alpha value is -1.75. The number of hydrogen-bond acceptors (Lipinski definition) is 2. The van der Waals surface area contributed by atoms with Crippen molar-refractivity contribution in [3.05, 3.63) is 29.3 Å². The number of halogens is 1. The highest BCUT2D eigenvalue weighted by Crippen LogP contribution is 2.28. The highest BCUT2D eigenvalue weighted by atomic mass is 35.5. The molecule has 1 aromatic carbocycles. The van der Waals surface area contributed by atoms with Crippen molar-refractivity contribution in [2.24, 2.45) is 5.92 Å². The summed E-state index contributed by atoms with van der Waals surface area (Å²) in [6.07, 6.45) is 1.78. The van der Waals surface area contributed by atoms with Gasteiger partial charge in [0.05, 0.1) is 0 Å². The third-order valence-electron chi connectivity index (χ3n) is 2.33. The molecule has 0 radical (unpaired) electrons. The molecule has 0 saturated heterocycles. The van der Waals surface area contributed by atoms with Gasteiger partial charge in [0.1, 0.15) is 0 Å². The maximum absolute atomic E-state index is 11.4. The van der Waals surface area contributed by atoms with Crippen molar-refractivity contribution in [1.82, 2.24) is 10.9 Å². The fraction of sp³-hybridized carbons (Fsp3) is 0.273. The van der Waals surface area contributed by atoms with Crippen molar-refractivity contribution < 1.29 is 9.59 Å². The van der Waals surface area contributed by atoms with Crippen LogP contribution in [0.5, 0.6) is 0 Å². The largest absolute Gasteiger partial charge is 0.337 e. The third-order valence-corrected chi connectivity index (χ3v) is 2.56. The molecule has 0 spiro atoms. The Morgan fingerprint density at radius 2 is 2.00 bits per heavy atom. The van der Waals surface area contributed by atoms with Gasteiger partial charge in [0.25, 0.3) is 0 Å². The fourth-order valence-electron chi connectivity index (χ4n) is 1.29. The van der Waals surface area contributed by atoms with E-state index in [1.54, 1.807) is 24.3 Å². The van der Waals surface area contributed by atoms with Crippen LogP contribution in [0.1, 0.15) is 12.8 Å². The van der Waals surface area contributed by atoms with Crippen molar-refractivity contribution in [1.29, 1.82) is 0 Å². The van der Waals surface area contributed by atoms with Crippen LogP contribution < -0.4 is 16.2 Å². The number of hydrogen-bond donors (Lipinski definition) is 3. The van der Waals surface area contributed by atoms with Crippen molar-refractivity contribution in [2.75, 3.05) is 5.32 Å². The van der Waals surface area contributed by atoms with Crippen molar-refractivity contribution in [3.63, 3.8) is 0 Å². The lowest BCUT2D eigenvalue weighted by Gasteiger charge is -2.08. The first kappa shape index (κ1) is 11.7. The number of benzene rings is 1. The van der Waals surface area contributed by atoms with E-state index in [2.05, 4.69) is 16.2 Å². The van der Waals surface area contributed by atoms with Crippen LogP contribution in [0.2, 0.25) is 5.02 Å². The van der Waals surface area contributed by atoms with E-state index in [-0.39, 0.29) is 11.8 Å². The molecule has 1 aromatic rings. The Labute approximate surface area is 103 Å². The lowest BCUT2D eigenvalue weighted by molar-refractivity contribution is -0.122. The van der Waals surface area contributed by atoms with Crippen molar-refractivity contribution in [3.8, 4) is 0 Å². The Morgan fingerprint density at radius 3 is 2.65 bits per heavy atom. The molecule has 0 aromatic heterocycles. The quantitative estimate of drug-likeness (QED) is 0.705. The lowest BCUT2D eigenvalue weighted by atomic mass is 10.3. The van der Waals surface area contributed by atoms with Gasteiger partial charge in [-0.2, -0.15) is 0 Å². The van der Waals surface area contributed by atoms with Crippen LogP contribution in [0.15, 0.2) is 24.3 Å². The molecule has 17 heavy (non-hydrogen) atoms. The van der Waals surface area contributed by atoms with Gasteiger partial charge in [-0.15, -0.1) is 0 Å². The SMILES string of the molecule is O=C(NNC(=O)C1CC1)Nc1cccc(Cl)c1. The Bertz CT molecular complexity index is 446. The first-order chi connectivity index (χ1) is 8.15. The minimum atomic E-state index is -0.499. The van der Waals surface area contributed by atoms with Gasteiger partial charge in [-0.1, -0.05) is 17.7 Å². The van der Waals surface area contributed by atoms with Gasteiger partial charge >= 0.3 is 6.03 Å². The maximum atomic E-state index is 11.4. The van der Waals surface area contributed by atoms with Gasteiger partial charge in [-0.3, -0.25) is 10.2 Å². The van der Waals surface area contributed by atoms with E-state index >= 15 is 0 Å². The van der Waals surface area contributed by atoms with E-state index in [0.29, 0.717) is 10.7 Å². The first-order valence-electron chi connectivity index (χ1n) is 5.27. The molecular weight excluding hydrogens is 242 g/mol. The van der Waals surface area contributed by atoms with Crippen LogP contribution in [-0.2, 0) is 4.79 Å². The molecule has 90 valence electrons. The summed E-state index contributed by atoms with van der Waals surface area (Å²) in [5.41, 5.74) is 5.19. The summed E-state index contributed by atoms with van der Waals surface area (Å²) in [5, 5.41) is 3.08. The van der Waals surface area contributed by atoms with Crippen LogP contribution >= 0.6 is 11.6 Å². The first-order valence-corrected chi connectivity index (χ1v) is 5.65. The molecular formula is C11H12ClN3O2. The number of rotatable bonds is 2. The van der Waals surface area contributed by atoms with E-state index < -0.39 is 6.03 Å². The van der Waals surface area contributed by atoms with Crippen LogP contribution in [0.25, 0.3) is 0 Å². The number of nitrogens with one attached hydrogen (secondary N) is 3. The Kier molecular flexibility index (Phi) is 3.49. The minimum Gasteiger partial charge on any atom is -0.307 e. The molecule has 5 nitrogen and oxygen atoms in total. The molecule has 2 rings (SSSR count). The minimum absolute atomic E-state index is 0.0569. The van der Waals surface area contributed by atoms with Crippen molar-refractivity contribution in [2.45, 2.75) is 12.8 Å². The van der Waals surface area contributed by atoms with Gasteiger partial charge in [-0.25, -0.2) is 10.2 Å². The van der Waals surface area contributed by atoms with Gasteiger partial charge in [0.2, 0.25) is 5.91 Å². The predicted molar refractivity (Wildman–Crippen MR) is 64.5 cm³/mol. The number of hydrazine groups is 1. The van der Waals surface area contributed by atoms with Gasteiger partial charge in [0.15, 0.2) is 0 Å². The molecule has 0 aliphatic heterocycles. The molecule has 1 aliphatic carbocycles. The van der Waals surface area contributed by atoms with E-state index in [1.807, 2.05) is 0 Å². The van der Waals surface area contributed by atoms with E-state index in [4.69, 9.17) is 11.6 Å². The summed E-state index contributed by atoms with van der Waals surface area (Å²) in [4.78, 5) is 22.6. The zero-order valence-corrected chi connectivity index (χ0v) is 9.75. The summed E-state index contributed by atoms with van der Waals surface area (Å²) in [5.74, 6) is -0.0901. The van der Waals surface area contributed by atoms with E-state index in [0.717, 1.165) is 12.8 Å². The zero-order chi connectivity index (χ0) is 12.3. The van der Waals surface area contributed by atoms with Crippen LogP contribution in [0.4, 0.5) is 10.5 Å². The van der Waals surface area contributed by atoms with Gasteiger partial charge < -0.3 is 5.32 Å². The zero-order valence-electron chi connectivity index (χ0n) is 9.00. The van der Waals surface area contributed by atoms with Crippen LogP contribution in [0, 0.1) is 5.92 Å². The number of urea groups is 1. The average molecular weight is 254 g/mol. The fourth-order valence-corrected chi connectivity index (χ4v) is 1.48. The Morgan fingerprint density at radius 1 is 1.24 bits per heavy atom. The number of carbonyl (C=O) groups excluding carboxylic acids is 2. The number of carbonyl (C=O) groups is 2. The van der Waals surface area contributed by atoms with E-state index in [1.165, 1.54) is 0 Å². The third kappa shape index (κ3) is 3.64. The molecule has 3 amide bonds. The summed E-state index contributed by atoms with van der Waals surface area (Å²) < 4.78 is 0. The highest BCUT2D eigenvalue weighted by molar-refractivity contribution is 6.30. The smallest absolute Gasteiger partial charge is 0.307 e. The van der Waals surface area contributed by atoms with Crippen LogP contribution in [-0.4, -0.2) is 11.9 Å². The molecule has 0 bridgehead atoms. The molecule has 6 heteroatoms. The summed E-state index contributed by atoms with van der Waals surface area (Å²) in [6.45, 7) is 0. The summed E-state index contributed by atoms with van der Waals surface area (Å²) in [7, 11) is 0. The molecule has 1 aliphatic rings. The topological polar surface area (TPSA) is 70.2 Å². The van der Waals surface area contributed by atoms with Crippen LogP contribution in [0.3, 0.4) is 0 Å². The van der Waals surface area contributed by atoms with Crippen molar-refractivity contribution >= 4 is 29.2 Å². The molecule has 3 N–H and O–H groups in total. The maximum Gasteiger partial charge on any atom is 0.337 e. The molecule has 1 saturated carbocycles. The second kappa shape index (κ2) is 5.05. The summed E-state index contributed by atoms with van der Waals surface area (Å²) in [6, 6.07) is 6.25.